The van der Waals surface area contributed by atoms with Gasteiger partial charge in [-0.1, -0.05) is 0 Å². The van der Waals surface area contributed by atoms with Gasteiger partial charge in [0.15, 0.2) is 6.10 Å². The van der Waals surface area contributed by atoms with Crippen LogP contribution in [0.25, 0.3) is 0 Å². The van der Waals surface area contributed by atoms with Gasteiger partial charge in [-0.3, -0.25) is 14.9 Å². The van der Waals surface area contributed by atoms with Crippen LogP contribution in [-0.2, 0) is 20.7 Å². The summed E-state index contributed by atoms with van der Waals surface area (Å²) in [4.78, 5) is 35.2. The average molecular weight is 366 g/mol. The molecule has 0 radical (unpaired) electrons. The number of imide groups is 1. The fourth-order valence-electron chi connectivity index (χ4n) is 2.08. The first-order chi connectivity index (χ1) is 12.2. The van der Waals surface area contributed by atoms with Crippen LogP contribution in [-0.4, -0.2) is 44.3 Å². The topological polar surface area (TPSA) is 103 Å². The van der Waals surface area contributed by atoms with Gasteiger partial charge in [-0.05, 0) is 44.9 Å². The van der Waals surface area contributed by atoms with Gasteiger partial charge in [0.25, 0.3) is 5.91 Å². The molecule has 0 aromatic heterocycles. The van der Waals surface area contributed by atoms with Crippen molar-refractivity contribution in [3.05, 3.63) is 23.8 Å². The van der Waals surface area contributed by atoms with Crippen LogP contribution >= 0.6 is 0 Å². The number of methoxy groups -OCH3 is 2. The summed E-state index contributed by atoms with van der Waals surface area (Å²) in [5, 5.41) is 4.64. The molecule has 1 aromatic rings. The molecule has 144 valence electrons. The van der Waals surface area contributed by atoms with Gasteiger partial charge in [0.2, 0.25) is 0 Å². The van der Waals surface area contributed by atoms with Gasteiger partial charge in [0, 0.05) is 18.5 Å². The second-order valence-corrected chi connectivity index (χ2v) is 5.97. The van der Waals surface area contributed by atoms with Crippen molar-refractivity contribution in [3.63, 3.8) is 0 Å². The van der Waals surface area contributed by atoms with E-state index in [1.54, 1.807) is 46.3 Å². The zero-order valence-corrected chi connectivity index (χ0v) is 15.8. The molecule has 0 bridgehead atoms. The van der Waals surface area contributed by atoms with Crippen LogP contribution in [0.4, 0.5) is 4.79 Å². The van der Waals surface area contributed by atoms with E-state index in [4.69, 9.17) is 14.2 Å². The summed E-state index contributed by atoms with van der Waals surface area (Å²) in [7, 11) is 3.09. The summed E-state index contributed by atoms with van der Waals surface area (Å²) in [6.07, 6.45) is -0.596. The van der Waals surface area contributed by atoms with Gasteiger partial charge in [-0.15, -0.1) is 0 Å². The summed E-state index contributed by atoms with van der Waals surface area (Å²) in [5.41, 5.74) is 0.839. The van der Waals surface area contributed by atoms with E-state index in [-0.39, 0.29) is 12.5 Å². The van der Waals surface area contributed by atoms with Gasteiger partial charge in [-0.2, -0.15) is 0 Å². The second kappa shape index (κ2) is 10.3. The third-order valence-corrected chi connectivity index (χ3v) is 3.36. The molecule has 8 nitrogen and oxygen atoms in total. The lowest BCUT2D eigenvalue weighted by atomic mass is 10.1. The molecule has 0 saturated carbocycles. The van der Waals surface area contributed by atoms with Crippen molar-refractivity contribution in [1.29, 1.82) is 0 Å². The number of aryl methyl sites for hydroxylation is 1. The van der Waals surface area contributed by atoms with E-state index in [9.17, 15) is 14.4 Å². The maximum Gasteiger partial charge on any atom is 0.321 e. The van der Waals surface area contributed by atoms with E-state index in [1.165, 1.54) is 6.92 Å². The quantitative estimate of drug-likeness (QED) is 0.680. The fraction of sp³-hybridized carbons (Fsp3) is 0.500. The molecule has 0 spiro atoms. The lowest BCUT2D eigenvalue weighted by molar-refractivity contribution is -0.154. The summed E-state index contributed by atoms with van der Waals surface area (Å²) >= 11 is 0. The number of esters is 1. The molecular weight excluding hydrogens is 340 g/mol. The normalized spacial score (nSPS) is 11.5. The van der Waals surface area contributed by atoms with Gasteiger partial charge < -0.3 is 19.5 Å². The Hall–Kier alpha value is -2.77. The molecular formula is C18H26N2O6. The lowest BCUT2D eigenvalue weighted by Crippen LogP contribution is -2.46. The Morgan fingerprint density at radius 2 is 1.58 bits per heavy atom. The highest BCUT2D eigenvalue weighted by atomic mass is 16.5. The largest absolute Gasteiger partial charge is 0.497 e. The number of rotatable bonds is 8. The summed E-state index contributed by atoms with van der Waals surface area (Å²) in [5.74, 6) is 0.0199. The minimum atomic E-state index is -1.07. The molecule has 0 heterocycles. The predicted molar refractivity (Wildman–Crippen MR) is 95.2 cm³/mol. The molecule has 1 unspecified atom stereocenters. The van der Waals surface area contributed by atoms with Crippen molar-refractivity contribution >= 4 is 17.9 Å². The first-order valence-electron chi connectivity index (χ1n) is 8.28. The number of benzene rings is 1. The molecule has 0 fully saturated rings. The number of nitrogens with one attached hydrogen (secondary N) is 2. The van der Waals surface area contributed by atoms with Crippen molar-refractivity contribution < 1.29 is 28.6 Å². The molecule has 1 aromatic carbocycles. The minimum Gasteiger partial charge on any atom is -0.497 e. The van der Waals surface area contributed by atoms with Gasteiger partial charge in [0.1, 0.15) is 11.5 Å². The van der Waals surface area contributed by atoms with Crippen LogP contribution in [0, 0.1) is 0 Å². The Kier molecular flexibility index (Phi) is 8.41. The fourth-order valence-corrected chi connectivity index (χ4v) is 2.08. The highest BCUT2D eigenvalue weighted by molar-refractivity contribution is 5.97. The van der Waals surface area contributed by atoms with Crippen LogP contribution in [0.3, 0.4) is 0 Å². The number of amides is 3. The van der Waals surface area contributed by atoms with E-state index in [0.29, 0.717) is 17.9 Å². The second-order valence-electron chi connectivity index (χ2n) is 5.97. The third kappa shape index (κ3) is 7.42. The maximum absolute atomic E-state index is 11.9. The Morgan fingerprint density at radius 1 is 1.00 bits per heavy atom. The number of hydrogen-bond donors (Lipinski definition) is 2. The van der Waals surface area contributed by atoms with Gasteiger partial charge in [0.05, 0.1) is 14.2 Å². The van der Waals surface area contributed by atoms with Crippen molar-refractivity contribution in [1.82, 2.24) is 10.6 Å². The zero-order valence-electron chi connectivity index (χ0n) is 15.8. The summed E-state index contributed by atoms with van der Waals surface area (Å²) in [6, 6.07) is 4.58. The van der Waals surface area contributed by atoms with E-state index in [2.05, 4.69) is 10.6 Å². The number of carbonyl (C=O) groups is 3. The smallest absolute Gasteiger partial charge is 0.321 e. The Balaban J connectivity index is 2.51. The van der Waals surface area contributed by atoms with Gasteiger partial charge in [-0.25, -0.2) is 4.79 Å². The van der Waals surface area contributed by atoms with Crippen molar-refractivity contribution in [2.45, 2.75) is 45.8 Å². The zero-order chi connectivity index (χ0) is 19.7. The third-order valence-electron chi connectivity index (χ3n) is 3.36. The standard InChI is InChI=1S/C18H26N2O6/c1-11(2)19-18(23)20-17(22)12(3)26-16(21)7-6-13-8-14(24-4)10-15(9-13)25-5/h8-12H,6-7H2,1-5H3,(H2,19,20,22,23). The Morgan fingerprint density at radius 3 is 2.08 bits per heavy atom. The monoisotopic (exact) mass is 366 g/mol. The van der Waals surface area contributed by atoms with Crippen LogP contribution < -0.4 is 20.1 Å². The molecule has 8 heteroatoms. The number of carbonyl (C=O) groups excluding carboxylic acids is 3. The maximum atomic E-state index is 11.9. The highest BCUT2D eigenvalue weighted by Gasteiger charge is 2.20. The van der Waals surface area contributed by atoms with E-state index < -0.39 is 24.0 Å². The highest BCUT2D eigenvalue weighted by Crippen LogP contribution is 2.23. The molecule has 3 amide bonds. The van der Waals surface area contributed by atoms with Crippen LogP contribution in [0.1, 0.15) is 32.8 Å². The molecule has 0 aliphatic rings. The Labute approximate surface area is 153 Å². The van der Waals surface area contributed by atoms with Crippen molar-refractivity contribution in [2.24, 2.45) is 0 Å². The SMILES string of the molecule is COc1cc(CCC(=O)OC(C)C(=O)NC(=O)NC(C)C)cc(OC)c1. The lowest BCUT2D eigenvalue weighted by Gasteiger charge is -2.14. The average Bonchev–Trinajstić information content (AvgIpc) is 2.58. The Bertz CT molecular complexity index is 622. The number of urea groups is 1. The van der Waals surface area contributed by atoms with Crippen molar-refractivity contribution in [3.8, 4) is 11.5 Å². The van der Waals surface area contributed by atoms with Gasteiger partial charge >= 0.3 is 12.0 Å². The molecule has 0 aliphatic carbocycles. The molecule has 1 atom stereocenters. The molecule has 26 heavy (non-hydrogen) atoms. The van der Waals surface area contributed by atoms with E-state index in [1.807, 2.05) is 0 Å². The molecule has 2 N–H and O–H groups in total. The van der Waals surface area contributed by atoms with Crippen LogP contribution in [0.5, 0.6) is 11.5 Å². The summed E-state index contributed by atoms with van der Waals surface area (Å²) < 4.78 is 15.4. The molecule has 0 aliphatic heterocycles. The molecule has 1 rings (SSSR count). The van der Waals surface area contributed by atoms with Crippen LogP contribution in [0.15, 0.2) is 18.2 Å². The first-order valence-corrected chi connectivity index (χ1v) is 8.28. The van der Waals surface area contributed by atoms with Crippen LogP contribution in [0.2, 0.25) is 0 Å². The van der Waals surface area contributed by atoms with E-state index >= 15 is 0 Å². The molecule has 0 saturated heterocycles. The number of hydrogen-bond acceptors (Lipinski definition) is 6. The van der Waals surface area contributed by atoms with E-state index in [0.717, 1.165) is 5.56 Å². The minimum absolute atomic E-state index is 0.0755. The number of ether oxygens (including phenoxy) is 3. The van der Waals surface area contributed by atoms with Crippen molar-refractivity contribution in [2.75, 3.05) is 14.2 Å². The summed E-state index contributed by atoms with van der Waals surface area (Å²) in [6.45, 7) is 4.94. The predicted octanol–water partition coefficient (Wildman–Crippen LogP) is 1.80. The first kappa shape index (κ1) is 21.3.